The van der Waals surface area contributed by atoms with Gasteiger partial charge < -0.3 is 4.90 Å². The second kappa shape index (κ2) is 9.80. The zero-order valence-electron chi connectivity index (χ0n) is 15.9. The highest BCUT2D eigenvalue weighted by Crippen LogP contribution is 2.33. The van der Waals surface area contributed by atoms with Gasteiger partial charge >= 0.3 is 0 Å². The average Bonchev–Trinajstić information content (AvgIpc) is 2.61. The summed E-state index contributed by atoms with van der Waals surface area (Å²) in [4.78, 5) is 14.2. The highest BCUT2D eigenvalue weighted by atomic mass is 79.9. The topological polar surface area (TPSA) is 82.1 Å². The second-order valence-corrected chi connectivity index (χ2v) is 9.79. The summed E-state index contributed by atoms with van der Waals surface area (Å²) >= 11 is 15.5. The van der Waals surface area contributed by atoms with E-state index in [2.05, 4.69) is 26.5 Å². The molecule has 29 heavy (non-hydrogen) atoms. The van der Waals surface area contributed by atoms with Gasteiger partial charge in [-0.2, -0.15) is 5.10 Å². The zero-order chi connectivity index (χ0) is 21.8. The van der Waals surface area contributed by atoms with Crippen LogP contribution in [-0.4, -0.2) is 47.4 Å². The maximum absolute atomic E-state index is 12.2. The molecule has 0 heterocycles. The normalized spacial score (nSPS) is 11.5. The number of anilines is 2. The van der Waals surface area contributed by atoms with E-state index >= 15 is 0 Å². The number of nitrogens with one attached hydrogen (secondary N) is 1. The average molecular weight is 522 g/mol. The summed E-state index contributed by atoms with van der Waals surface area (Å²) in [7, 11) is 0.0674. The largest absolute Gasteiger partial charge is 0.377 e. The molecule has 0 saturated heterocycles. The number of rotatable bonds is 7. The van der Waals surface area contributed by atoms with E-state index in [-0.39, 0.29) is 15.7 Å². The van der Waals surface area contributed by atoms with Gasteiger partial charge in [-0.3, -0.25) is 9.10 Å². The predicted octanol–water partition coefficient (Wildman–Crippen LogP) is 3.74. The van der Waals surface area contributed by atoms with E-state index in [1.54, 1.807) is 6.07 Å². The standard InChI is InChI=1S/C18H19BrCl2N4O3S/c1-24(2)15-8-7-12(9-13(15)19)10-22-23-17(26)11-25(29(3,27)28)16-6-4-5-14(20)18(16)21/h4-10H,11H2,1-3H3,(H,23,26). The SMILES string of the molecule is CN(C)c1ccc(C=NNC(=O)CN(c2cccc(Cl)c2Cl)S(C)(=O)=O)cc1Br. The fourth-order valence-electron chi connectivity index (χ4n) is 2.38. The molecule has 156 valence electrons. The van der Waals surface area contributed by atoms with Crippen molar-refractivity contribution in [1.29, 1.82) is 0 Å². The van der Waals surface area contributed by atoms with Crippen molar-refractivity contribution in [2.45, 2.75) is 0 Å². The molecular weight excluding hydrogens is 503 g/mol. The van der Waals surface area contributed by atoms with Crippen LogP contribution in [0.1, 0.15) is 5.56 Å². The number of sulfonamides is 1. The smallest absolute Gasteiger partial charge is 0.260 e. The van der Waals surface area contributed by atoms with Crippen molar-refractivity contribution in [2.24, 2.45) is 5.10 Å². The third-order valence-electron chi connectivity index (χ3n) is 3.74. The maximum atomic E-state index is 12.2. The lowest BCUT2D eigenvalue weighted by Gasteiger charge is -2.22. The van der Waals surface area contributed by atoms with E-state index in [0.29, 0.717) is 0 Å². The second-order valence-electron chi connectivity index (χ2n) is 6.24. The van der Waals surface area contributed by atoms with Crippen molar-refractivity contribution in [2.75, 3.05) is 36.1 Å². The van der Waals surface area contributed by atoms with Crippen LogP contribution in [0, 0.1) is 0 Å². The Kier molecular flexibility index (Phi) is 7.93. The van der Waals surface area contributed by atoms with Crippen molar-refractivity contribution in [3.05, 3.63) is 56.5 Å². The van der Waals surface area contributed by atoms with Gasteiger partial charge in [0.15, 0.2) is 0 Å². The van der Waals surface area contributed by atoms with Gasteiger partial charge in [0.05, 0.1) is 33.9 Å². The van der Waals surface area contributed by atoms with Crippen LogP contribution in [0.25, 0.3) is 0 Å². The molecule has 0 unspecified atom stereocenters. The van der Waals surface area contributed by atoms with E-state index in [0.717, 1.165) is 26.3 Å². The Morgan fingerprint density at radius 1 is 1.21 bits per heavy atom. The molecule has 2 aromatic carbocycles. The number of carbonyl (C=O) groups is 1. The molecule has 0 aliphatic heterocycles. The van der Waals surface area contributed by atoms with Gasteiger partial charge in [-0.25, -0.2) is 13.8 Å². The molecule has 1 N–H and O–H groups in total. The fourth-order valence-corrected chi connectivity index (χ4v) is 4.44. The lowest BCUT2D eigenvalue weighted by molar-refractivity contribution is -0.119. The molecule has 2 aromatic rings. The van der Waals surface area contributed by atoms with Crippen LogP contribution in [0.15, 0.2) is 46.0 Å². The van der Waals surface area contributed by atoms with Crippen molar-refractivity contribution in [3.63, 3.8) is 0 Å². The van der Waals surface area contributed by atoms with Gasteiger partial charge in [-0.1, -0.05) is 35.3 Å². The molecule has 0 aliphatic carbocycles. The third kappa shape index (κ3) is 6.33. The Morgan fingerprint density at radius 3 is 2.48 bits per heavy atom. The van der Waals surface area contributed by atoms with E-state index in [1.807, 2.05) is 37.2 Å². The molecule has 0 saturated carbocycles. The van der Waals surface area contributed by atoms with E-state index < -0.39 is 22.5 Å². The first-order valence-corrected chi connectivity index (χ1v) is 11.6. The first-order valence-electron chi connectivity index (χ1n) is 8.21. The molecule has 2 rings (SSSR count). The number of benzene rings is 2. The lowest BCUT2D eigenvalue weighted by Crippen LogP contribution is -2.39. The molecule has 0 bridgehead atoms. The van der Waals surface area contributed by atoms with Crippen molar-refractivity contribution >= 4 is 72.7 Å². The summed E-state index contributed by atoms with van der Waals surface area (Å²) in [5.41, 5.74) is 4.18. The molecule has 0 spiro atoms. The van der Waals surface area contributed by atoms with E-state index in [9.17, 15) is 13.2 Å². The van der Waals surface area contributed by atoms with Crippen LogP contribution in [0.2, 0.25) is 10.0 Å². The Hall–Kier alpha value is -1.81. The summed E-state index contributed by atoms with van der Waals surface area (Å²) in [6, 6.07) is 10.1. The number of hydrogen-bond donors (Lipinski definition) is 1. The molecule has 1 amide bonds. The predicted molar refractivity (Wildman–Crippen MR) is 123 cm³/mol. The van der Waals surface area contributed by atoms with Crippen LogP contribution in [0.4, 0.5) is 11.4 Å². The molecule has 7 nitrogen and oxygen atoms in total. The Bertz CT molecular complexity index is 1050. The zero-order valence-corrected chi connectivity index (χ0v) is 19.8. The van der Waals surface area contributed by atoms with Crippen molar-refractivity contribution in [1.82, 2.24) is 5.43 Å². The first-order chi connectivity index (χ1) is 13.5. The minimum absolute atomic E-state index is 0.0433. The third-order valence-corrected chi connectivity index (χ3v) is 6.31. The molecule has 0 aromatic heterocycles. The van der Waals surface area contributed by atoms with Crippen LogP contribution in [0.5, 0.6) is 0 Å². The molecule has 0 atom stereocenters. The Labute approximate surface area is 188 Å². The van der Waals surface area contributed by atoms with Crippen molar-refractivity contribution < 1.29 is 13.2 Å². The van der Waals surface area contributed by atoms with Gasteiger partial charge in [0.2, 0.25) is 10.0 Å². The Balaban J connectivity index is 2.12. The molecular formula is C18H19BrCl2N4O3S. The van der Waals surface area contributed by atoms with Gasteiger partial charge in [0, 0.05) is 18.6 Å². The van der Waals surface area contributed by atoms with Gasteiger partial charge in [0.25, 0.3) is 5.91 Å². The summed E-state index contributed by atoms with van der Waals surface area (Å²) in [6.07, 6.45) is 2.43. The fraction of sp³-hybridized carbons (Fsp3) is 0.222. The summed E-state index contributed by atoms with van der Waals surface area (Å²) in [5, 5.41) is 4.11. The number of hydrogen-bond acceptors (Lipinski definition) is 5. The van der Waals surface area contributed by atoms with Crippen LogP contribution >= 0.6 is 39.1 Å². The number of hydrazone groups is 1. The number of carbonyl (C=O) groups excluding carboxylic acids is 1. The minimum atomic E-state index is -3.78. The highest BCUT2D eigenvalue weighted by Gasteiger charge is 2.23. The summed E-state index contributed by atoms with van der Waals surface area (Å²) in [6.45, 7) is -0.500. The minimum Gasteiger partial charge on any atom is -0.377 e. The Morgan fingerprint density at radius 2 is 1.90 bits per heavy atom. The summed E-state index contributed by atoms with van der Waals surface area (Å²) in [5.74, 6) is -0.633. The lowest BCUT2D eigenvalue weighted by atomic mass is 10.2. The van der Waals surface area contributed by atoms with Gasteiger partial charge in [0.1, 0.15) is 6.54 Å². The number of nitrogens with zero attached hydrogens (tertiary/aromatic N) is 3. The van der Waals surface area contributed by atoms with Crippen molar-refractivity contribution in [3.8, 4) is 0 Å². The van der Waals surface area contributed by atoms with Crippen LogP contribution in [0.3, 0.4) is 0 Å². The van der Waals surface area contributed by atoms with E-state index in [1.165, 1.54) is 18.3 Å². The van der Waals surface area contributed by atoms with Crippen LogP contribution < -0.4 is 14.6 Å². The molecule has 0 fully saturated rings. The van der Waals surface area contributed by atoms with Gasteiger partial charge in [-0.15, -0.1) is 0 Å². The molecule has 0 aliphatic rings. The van der Waals surface area contributed by atoms with Crippen LogP contribution in [-0.2, 0) is 14.8 Å². The molecule has 0 radical (unpaired) electrons. The quantitative estimate of drug-likeness (QED) is 0.444. The number of halogens is 3. The first kappa shape index (κ1) is 23.5. The maximum Gasteiger partial charge on any atom is 0.260 e. The number of amides is 1. The van der Waals surface area contributed by atoms with Gasteiger partial charge in [-0.05, 0) is 45.8 Å². The summed E-state index contributed by atoms with van der Waals surface area (Å²) < 4.78 is 26.0. The van der Waals surface area contributed by atoms with E-state index in [4.69, 9.17) is 23.2 Å². The highest BCUT2D eigenvalue weighted by molar-refractivity contribution is 9.10. The monoisotopic (exact) mass is 520 g/mol. The molecule has 11 heteroatoms.